The van der Waals surface area contributed by atoms with Gasteiger partial charge in [-0.25, -0.2) is 8.42 Å². The van der Waals surface area contributed by atoms with E-state index in [2.05, 4.69) is 5.32 Å². The lowest BCUT2D eigenvalue weighted by Gasteiger charge is -2.35. The number of nitrogens with two attached hydrogens (primary N) is 1. The molecular formula is C12H17N3O4S. The lowest BCUT2D eigenvalue weighted by atomic mass is 10.2. The Labute approximate surface area is 117 Å². The summed E-state index contributed by atoms with van der Waals surface area (Å²) in [5.41, 5.74) is 5.93. The minimum atomic E-state index is -3.57. The fraction of sp³-hybridized carbons (Fsp3) is 0.417. The van der Waals surface area contributed by atoms with Crippen LogP contribution < -0.4 is 15.8 Å². The van der Waals surface area contributed by atoms with Crippen molar-refractivity contribution < 1.29 is 17.9 Å². The quantitative estimate of drug-likeness (QED) is 0.814. The number of rotatable bonds is 4. The van der Waals surface area contributed by atoms with Crippen molar-refractivity contribution in [2.75, 3.05) is 25.5 Å². The van der Waals surface area contributed by atoms with Crippen LogP contribution in [-0.4, -0.2) is 44.9 Å². The molecule has 1 saturated heterocycles. The van der Waals surface area contributed by atoms with E-state index in [1.54, 1.807) is 0 Å². The summed E-state index contributed by atoms with van der Waals surface area (Å²) in [6.45, 7) is 1.96. The Morgan fingerprint density at radius 3 is 2.60 bits per heavy atom. The highest BCUT2D eigenvalue weighted by atomic mass is 32.2. The molecule has 1 aliphatic rings. The van der Waals surface area contributed by atoms with Crippen LogP contribution in [0.5, 0.6) is 5.75 Å². The van der Waals surface area contributed by atoms with Gasteiger partial charge in [0, 0.05) is 26.1 Å². The molecule has 20 heavy (non-hydrogen) atoms. The Kier molecular flexibility index (Phi) is 3.98. The zero-order valence-electron chi connectivity index (χ0n) is 11.3. The lowest BCUT2D eigenvalue weighted by Crippen LogP contribution is -2.57. The van der Waals surface area contributed by atoms with Crippen LogP contribution in [0.4, 0.5) is 5.69 Å². The molecule has 3 N–H and O–H groups in total. The fourth-order valence-corrected chi connectivity index (χ4v) is 3.53. The van der Waals surface area contributed by atoms with Gasteiger partial charge in [0.25, 0.3) is 0 Å². The van der Waals surface area contributed by atoms with Crippen LogP contribution in [0.3, 0.4) is 0 Å². The van der Waals surface area contributed by atoms with Crippen LogP contribution in [-0.2, 0) is 14.8 Å². The van der Waals surface area contributed by atoms with Gasteiger partial charge < -0.3 is 15.8 Å². The van der Waals surface area contributed by atoms with Crippen LogP contribution in [0.1, 0.15) is 6.92 Å². The molecule has 0 aliphatic carbocycles. The van der Waals surface area contributed by atoms with E-state index in [9.17, 15) is 13.2 Å². The Bertz CT molecular complexity index is 624. The molecule has 1 heterocycles. The van der Waals surface area contributed by atoms with E-state index in [-0.39, 0.29) is 16.8 Å². The summed E-state index contributed by atoms with van der Waals surface area (Å²) in [6, 6.07) is 4.23. The molecule has 7 nitrogen and oxygen atoms in total. The van der Waals surface area contributed by atoms with Crippen molar-refractivity contribution in [3.8, 4) is 5.75 Å². The maximum Gasteiger partial charge on any atom is 0.243 e. The third kappa shape index (κ3) is 2.77. The third-order valence-electron chi connectivity index (χ3n) is 3.00. The molecule has 0 spiro atoms. The molecule has 0 aromatic heterocycles. The summed E-state index contributed by atoms with van der Waals surface area (Å²) in [5, 5.41) is 2.55. The number of ether oxygens (including phenoxy) is 1. The molecule has 2 rings (SSSR count). The van der Waals surface area contributed by atoms with Gasteiger partial charge in [-0.2, -0.15) is 4.31 Å². The second kappa shape index (κ2) is 5.39. The standard InChI is InChI=1S/C12H17N3O4S/c1-8(16)14-11-5-10(3-4-12(11)19-2)20(17,18)15-6-9(13)7-15/h3-5,9H,6-7,13H2,1-2H3,(H,14,16). The van der Waals surface area contributed by atoms with E-state index in [0.29, 0.717) is 24.5 Å². The normalized spacial score (nSPS) is 16.6. The van der Waals surface area contributed by atoms with Crippen molar-refractivity contribution in [2.24, 2.45) is 5.73 Å². The van der Waals surface area contributed by atoms with Crippen LogP contribution in [0, 0.1) is 0 Å². The summed E-state index contributed by atoms with van der Waals surface area (Å²) in [5.74, 6) is 0.100. The van der Waals surface area contributed by atoms with Crippen molar-refractivity contribution in [1.29, 1.82) is 0 Å². The molecule has 1 aromatic rings. The predicted octanol–water partition coefficient (Wildman–Crippen LogP) is -0.0148. The molecule has 0 saturated carbocycles. The lowest BCUT2D eigenvalue weighted by molar-refractivity contribution is -0.114. The highest BCUT2D eigenvalue weighted by Crippen LogP contribution is 2.30. The molecule has 1 amide bonds. The first-order chi connectivity index (χ1) is 9.34. The number of amides is 1. The molecule has 1 aliphatic heterocycles. The Balaban J connectivity index is 2.35. The number of anilines is 1. The third-order valence-corrected chi connectivity index (χ3v) is 4.82. The Morgan fingerprint density at radius 1 is 1.45 bits per heavy atom. The molecule has 0 unspecified atom stereocenters. The van der Waals surface area contributed by atoms with Gasteiger partial charge in [-0.15, -0.1) is 0 Å². The molecule has 8 heteroatoms. The second-order valence-corrected chi connectivity index (χ2v) is 6.56. The SMILES string of the molecule is COc1ccc(S(=O)(=O)N2CC(N)C2)cc1NC(C)=O. The van der Waals surface area contributed by atoms with Gasteiger partial charge in [0.05, 0.1) is 17.7 Å². The minimum absolute atomic E-state index is 0.106. The summed E-state index contributed by atoms with van der Waals surface area (Å²) in [6.07, 6.45) is 0. The summed E-state index contributed by atoms with van der Waals surface area (Å²) in [4.78, 5) is 11.2. The van der Waals surface area contributed by atoms with Gasteiger partial charge in [0.1, 0.15) is 5.75 Å². The first-order valence-electron chi connectivity index (χ1n) is 6.06. The number of carbonyl (C=O) groups is 1. The summed E-state index contributed by atoms with van der Waals surface area (Å²) < 4.78 is 31.0. The average molecular weight is 299 g/mol. The topological polar surface area (TPSA) is 102 Å². The van der Waals surface area contributed by atoms with Crippen LogP contribution in [0.15, 0.2) is 23.1 Å². The van der Waals surface area contributed by atoms with Crippen LogP contribution in [0.2, 0.25) is 0 Å². The first kappa shape index (κ1) is 14.8. The van der Waals surface area contributed by atoms with Crippen molar-refractivity contribution >= 4 is 21.6 Å². The molecule has 1 aromatic carbocycles. The Morgan fingerprint density at radius 2 is 2.10 bits per heavy atom. The number of nitrogens with zero attached hydrogens (tertiary/aromatic N) is 1. The van der Waals surface area contributed by atoms with E-state index in [1.165, 1.54) is 36.5 Å². The Hall–Kier alpha value is -1.64. The van der Waals surface area contributed by atoms with Gasteiger partial charge in [-0.3, -0.25) is 4.79 Å². The number of hydrogen-bond donors (Lipinski definition) is 2. The summed E-state index contributed by atoms with van der Waals surface area (Å²) >= 11 is 0. The average Bonchev–Trinajstić information content (AvgIpc) is 2.34. The summed E-state index contributed by atoms with van der Waals surface area (Å²) in [7, 11) is -2.12. The van der Waals surface area contributed by atoms with Gasteiger partial charge in [-0.1, -0.05) is 0 Å². The zero-order chi connectivity index (χ0) is 14.9. The largest absolute Gasteiger partial charge is 0.495 e. The van der Waals surface area contributed by atoms with Crippen molar-refractivity contribution in [3.63, 3.8) is 0 Å². The predicted molar refractivity (Wildman–Crippen MR) is 74.0 cm³/mol. The fourth-order valence-electron chi connectivity index (χ4n) is 1.95. The second-order valence-electron chi connectivity index (χ2n) is 4.63. The first-order valence-corrected chi connectivity index (χ1v) is 7.50. The van der Waals surface area contributed by atoms with E-state index in [1.807, 2.05) is 0 Å². The number of hydrogen-bond acceptors (Lipinski definition) is 5. The minimum Gasteiger partial charge on any atom is -0.495 e. The molecule has 110 valence electrons. The smallest absolute Gasteiger partial charge is 0.243 e. The van der Waals surface area contributed by atoms with Gasteiger partial charge in [0.2, 0.25) is 15.9 Å². The maximum absolute atomic E-state index is 12.3. The molecule has 1 fully saturated rings. The van der Waals surface area contributed by atoms with Gasteiger partial charge in [-0.05, 0) is 18.2 Å². The molecular weight excluding hydrogens is 282 g/mol. The van der Waals surface area contributed by atoms with Crippen molar-refractivity contribution in [2.45, 2.75) is 17.9 Å². The van der Waals surface area contributed by atoms with E-state index in [4.69, 9.17) is 10.5 Å². The van der Waals surface area contributed by atoms with Gasteiger partial charge in [0.15, 0.2) is 0 Å². The monoisotopic (exact) mass is 299 g/mol. The van der Waals surface area contributed by atoms with Gasteiger partial charge >= 0.3 is 0 Å². The van der Waals surface area contributed by atoms with E-state index < -0.39 is 10.0 Å². The number of methoxy groups -OCH3 is 1. The number of nitrogens with one attached hydrogen (secondary N) is 1. The van der Waals surface area contributed by atoms with Crippen LogP contribution in [0.25, 0.3) is 0 Å². The van der Waals surface area contributed by atoms with Crippen molar-refractivity contribution in [1.82, 2.24) is 4.31 Å². The number of sulfonamides is 1. The highest BCUT2D eigenvalue weighted by Gasteiger charge is 2.34. The van der Waals surface area contributed by atoms with Crippen LogP contribution >= 0.6 is 0 Å². The molecule has 0 atom stereocenters. The number of carbonyl (C=O) groups excluding carboxylic acids is 1. The van der Waals surface area contributed by atoms with E-state index in [0.717, 1.165) is 0 Å². The zero-order valence-corrected chi connectivity index (χ0v) is 12.1. The number of benzene rings is 1. The van der Waals surface area contributed by atoms with E-state index >= 15 is 0 Å². The highest BCUT2D eigenvalue weighted by molar-refractivity contribution is 7.89. The molecule has 0 bridgehead atoms. The maximum atomic E-state index is 12.3. The van der Waals surface area contributed by atoms with Crippen molar-refractivity contribution in [3.05, 3.63) is 18.2 Å². The molecule has 0 radical (unpaired) electrons.